The van der Waals surface area contributed by atoms with Gasteiger partial charge in [-0.2, -0.15) is 0 Å². The van der Waals surface area contributed by atoms with Gasteiger partial charge in [0.05, 0.1) is 11.3 Å². The number of allylic oxidation sites excluding steroid dienone is 2. The maximum atomic E-state index is 13.0. The van der Waals surface area contributed by atoms with E-state index < -0.39 is 0 Å². The number of aliphatic hydroxyl groups is 1. The monoisotopic (exact) mass is 623 g/mol. The fraction of sp³-hybridized carbons (Fsp3) is 0.0690. The molecule has 2 aliphatic rings. The topological polar surface area (TPSA) is 67.3 Å². The molecule has 1 aromatic heterocycles. The molecule has 0 bridgehead atoms. The molecule has 4 aromatic rings. The second-order valence-corrected chi connectivity index (χ2v) is 8.08. The van der Waals surface area contributed by atoms with Gasteiger partial charge >= 0.3 is 0 Å². The molecule has 3 aromatic carbocycles. The smallest absolute Gasteiger partial charge is 0.155 e. The van der Waals surface area contributed by atoms with E-state index in [2.05, 4.69) is 30.4 Å². The van der Waals surface area contributed by atoms with E-state index in [0.717, 1.165) is 39.0 Å². The van der Waals surface area contributed by atoms with Crippen LogP contribution in [0.1, 0.15) is 40.9 Å². The molecule has 1 radical (unpaired) electrons. The largest absolute Gasteiger partial charge is 0.512 e. The predicted octanol–water partition coefficient (Wildman–Crippen LogP) is 6.43. The second-order valence-electron chi connectivity index (χ2n) is 8.08. The van der Waals surface area contributed by atoms with Crippen molar-refractivity contribution in [1.82, 2.24) is 4.98 Å². The Bertz CT molecular complexity index is 1530. The number of rotatable bonds is 2. The Balaban J connectivity index is 0.000000303. The van der Waals surface area contributed by atoms with Crippen LogP contribution in [0.3, 0.4) is 0 Å². The Hall–Kier alpha value is -3.66. The van der Waals surface area contributed by atoms with Gasteiger partial charge < -0.3 is 5.11 Å². The zero-order chi connectivity index (χ0) is 23.1. The Morgan fingerprint density at radius 3 is 2.38 bits per heavy atom. The second kappa shape index (κ2) is 9.30. The van der Waals surface area contributed by atoms with Crippen molar-refractivity contribution in [3.8, 4) is 22.4 Å². The van der Waals surface area contributed by atoms with Crippen molar-refractivity contribution in [3.63, 3.8) is 0 Å². The molecule has 0 saturated carbocycles. The summed E-state index contributed by atoms with van der Waals surface area (Å²) >= 11 is 0. The minimum Gasteiger partial charge on any atom is -0.512 e. The van der Waals surface area contributed by atoms with Gasteiger partial charge in [0.2, 0.25) is 0 Å². The number of pyridine rings is 1. The number of benzene rings is 3. The van der Waals surface area contributed by atoms with E-state index in [1.165, 1.54) is 30.9 Å². The third-order valence-corrected chi connectivity index (χ3v) is 5.69. The van der Waals surface area contributed by atoms with Crippen molar-refractivity contribution >= 4 is 34.6 Å². The minimum absolute atomic E-state index is 0. The van der Waals surface area contributed by atoms with Crippen molar-refractivity contribution in [2.45, 2.75) is 13.8 Å². The van der Waals surface area contributed by atoms with E-state index in [4.69, 9.17) is 10.1 Å². The molecule has 1 heterocycles. The van der Waals surface area contributed by atoms with Crippen molar-refractivity contribution < 1.29 is 34.8 Å². The molecule has 0 atom stereocenters. The normalized spacial score (nSPS) is 12.5. The molecule has 4 nitrogen and oxygen atoms in total. The number of nitrogens with zero attached hydrogens (tertiary/aromatic N) is 1. The van der Waals surface area contributed by atoms with Gasteiger partial charge in [-0.25, -0.2) is 0 Å². The van der Waals surface area contributed by atoms with E-state index in [0.29, 0.717) is 5.56 Å². The summed E-state index contributed by atoms with van der Waals surface area (Å²) < 4.78 is 0. The van der Waals surface area contributed by atoms with E-state index >= 15 is 0 Å². The van der Waals surface area contributed by atoms with Crippen molar-refractivity contribution in [1.29, 1.82) is 0 Å². The van der Waals surface area contributed by atoms with Crippen LogP contribution in [0.5, 0.6) is 0 Å². The molecule has 169 valence electrons. The Morgan fingerprint density at radius 1 is 0.941 bits per heavy atom. The summed E-state index contributed by atoms with van der Waals surface area (Å²) in [5.41, 5.74) is 8.33. The van der Waals surface area contributed by atoms with E-state index in [-0.39, 0.29) is 37.4 Å². The SMILES string of the molecule is CC(=O)C=C(C)O.O=C1c2ccccc2-c2cc[c-]c(-c3cc4c5c(cccc5n3)C=C4)c21.[Ir]. The molecule has 2 aliphatic carbocycles. The number of carbonyl (C=O) groups excluding carboxylic acids is 2. The van der Waals surface area contributed by atoms with Crippen LogP contribution in [0.2, 0.25) is 0 Å². The van der Waals surface area contributed by atoms with Crippen LogP contribution in [-0.2, 0) is 24.9 Å². The predicted molar refractivity (Wildman–Crippen MR) is 131 cm³/mol. The molecule has 1 N–H and O–H groups in total. The van der Waals surface area contributed by atoms with Crippen molar-refractivity contribution in [3.05, 3.63) is 101 Å². The Labute approximate surface area is 211 Å². The Morgan fingerprint density at radius 2 is 1.68 bits per heavy atom. The van der Waals surface area contributed by atoms with Gasteiger partial charge in [-0.1, -0.05) is 65.7 Å². The van der Waals surface area contributed by atoms with Crippen LogP contribution in [0.4, 0.5) is 0 Å². The Kier molecular flexibility index (Phi) is 6.43. The van der Waals surface area contributed by atoms with E-state index in [1.54, 1.807) is 0 Å². The number of aliphatic hydroxyl groups excluding tert-OH is 1. The minimum atomic E-state index is -0.125. The van der Waals surface area contributed by atoms with Gasteiger partial charge in [0, 0.05) is 37.1 Å². The van der Waals surface area contributed by atoms with Crippen molar-refractivity contribution in [2.75, 3.05) is 0 Å². The summed E-state index contributed by atoms with van der Waals surface area (Å²) in [5, 5.41) is 9.54. The zero-order valence-electron chi connectivity index (χ0n) is 18.5. The molecule has 0 unspecified atom stereocenters. The van der Waals surface area contributed by atoms with Gasteiger partial charge in [-0.3, -0.25) is 14.6 Å². The molecular weight excluding hydrogens is 603 g/mol. The van der Waals surface area contributed by atoms with Gasteiger partial charge in [0.1, 0.15) is 0 Å². The van der Waals surface area contributed by atoms with Gasteiger partial charge in [0.25, 0.3) is 0 Å². The molecular formula is C29H20IrNO3-. The van der Waals surface area contributed by atoms with Crippen molar-refractivity contribution in [2.24, 2.45) is 0 Å². The third-order valence-electron chi connectivity index (χ3n) is 5.69. The van der Waals surface area contributed by atoms with Crippen LogP contribution in [0, 0.1) is 6.07 Å². The number of aromatic nitrogens is 1. The summed E-state index contributed by atoms with van der Waals surface area (Å²) in [7, 11) is 0. The quantitative estimate of drug-likeness (QED) is 0.137. The van der Waals surface area contributed by atoms with Crippen LogP contribution in [0.15, 0.2) is 72.5 Å². The number of ketones is 2. The summed E-state index contributed by atoms with van der Waals surface area (Å²) in [5.74, 6) is -0.00226. The van der Waals surface area contributed by atoms with Crippen LogP contribution in [-0.4, -0.2) is 21.7 Å². The summed E-state index contributed by atoms with van der Waals surface area (Å²) in [6.07, 6.45) is 5.39. The average molecular weight is 623 g/mol. The fourth-order valence-electron chi connectivity index (χ4n) is 4.43. The first-order valence-electron chi connectivity index (χ1n) is 10.6. The molecule has 6 rings (SSSR count). The van der Waals surface area contributed by atoms with E-state index in [1.807, 2.05) is 48.5 Å². The number of hydrogen-bond acceptors (Lipinski definition) is 4. The van der Waals surface area contributed by atoms with Gasteiger partial charge in [0.15, 0.2) is 11.6 Å². The molecule has 0 spiro atoms. The fourth-order valence-corrected chi connectivity index (χ4v) is 4.43. The first-order valence-corrected chi connectivity index (χ1v) is 10.6. The number of carbonyl (C=O) groups is 2. The molecule has 34 heavy (non-hydrogen) atoms. The van der Waals surface area contributed by atoms with Crippen LogP contribution in [0.25, 0.3) is 45.4 Å². The van der Waals surface area contributed by atoms with E-state index in [9.17, 15) is 9.59 Å². The zero-order valence-corrected chi connectivity index (χ0v) is 20.9. The number of fused-ring (bicyclic) bond motifs is 3. The van der Waals surface area contributed by atoms with Crippen LogP contribution < -0.4 is 0 Å². The summed E-state index contributed by atoms with van der Waals surface area (Å²) in [6.45, 7) is 2.85. The molecule has 0 amide bonds. The average Bonchev–Trinajstić information content (AvgIpc) is 3.34. The first kappa shape index (κ1) is 23.5. The molecule has 0 saturated heterocycles. The summed E-state index contributed by atoms with van der Waals surface area (Å²) in [6, 6.07) is 23.1. The maximum Gasteiger partial charge on any atom is 0.155 e. The summed E-state index contributed by atoms with van der Waals surface area (Å²) in [4.78, 5) is 27.9. The van der Waals surface area contributed by atoms with Crippen LogP contribution >= 0.6 is 0 Å². The molecule has 0 fully saturated rings. The molecule has 0 aliphatic heterocycles. The number of hydrogen-bond donors (Lipinski definition) is 1. The maximum absolute atomic E-state index is 13.0. The standard InChI is InChI=1S/C24H12NO.C5H8O2.Ir/c26-24-18-7-2-1-6-16(18)17-8-4-9-19(23(17)24)21-13-15-12-11-14-5-3-10-20(25-21)22(14)15;1-4(6)3-5(2)7;/h1-8,10-13H;3,6H,1-2H3;/q-1;;. The third kappa shape index (κ3) is 4.05. The molecule has 5 heteroatoms. The van der Waals surface area contributed by atoms with Gasteiger partial charge in [-0.15, -0.1) is 23.8 Å². The first-order chi connectivity index (χ1) is 15.9. The van der Waals surface area contributed by atoms with Gasteiger partial charge in [-0.05, 0) is 42.3 Å².